The molecular weight excluding hydrogens is 318 g/mol. The van der Waals surface area contributed by atoms with E-state index in [9.17, 15) is 13.2 Å². The monoisotopic (exact) mass is 339 g/mol. The Labute approximate surface area is 135 Å². The predicted molar refractivity (Wildman–Crippen MR) is 88.5 cm³/mol. The molecular formula is C16H21NO3S2. The van der Waals surface area contributed by atoms with Crippen LogP contribution in [0.3, 0.4) is 0 Å². The van der Waals surface area contributed by atoms with Crippen LogP contribution >= 0.6 is 11.3 Å². The molecule has 4 nitrogen and oxygen atoms in total. The van der Waals surface area contributed by atoms with Gasteiger partial charge in [0.2, 0.25) is 5.91 Å². The number of allylic oxidation sites excluding steroid dienone is 2. The van der Waals surface area contributed by atoms with E-state index in [1.807, 2.05) is 17.5 Å². The summed E-state index contributed by atoms with van der Waals surface area (Å²) in [5.41, 5.74) is 0. The number of thiophene rings is 1. The van der Waals surface area contributed by atoms with Crippen molar-refractivity contribution in [3.63, 3.8) is 0 Å². The van der Waals surface area contributed by atoms with Crippen LogP contribution in [-0.4, -0.2) is 38.1 Å². The summed E-state index contributed by atoms with van der Waals surface area (Å²) in [7, 11) is -3.18. The van der Waals surface area contributed by atoms with Crippen molar-refractivity contribution in [2.24, 2.45) is 5.92 Å². The summed E-state index contributed by atoms with van der Waals surface area (Å²) in [6.07, 6.45) is 7.31. The van der Waals surface area contributed by atoms with Gasteiger partial charge in [-0.2, -0.15) is 0 Å². The largest absolute Gasteiger partial charge is 0.341 e. The minimum Gasteiger partial charge on any atom is -0.341 e. The van der Waals surface area contributed by atoms with Gasteiger partial charge in [0.05, 0.1) is 11.0 Å². The van der Waals surface area contributed by atoms with Crippen molar-refractivity contribution in [3.05, 3.63) is 34.5 Å². The fourth-order valence-electron chi connectivity index (χ4n) is 3.23. The van der Waals surface area contributed by atoms with Crippen LogP contribution in [0.2, 0.25) is 0 Å². The molecule has 1 fully saturated rings. The highest BCUT2D eigenvalue weighted by molar-refractivity contribution is 7.91. The maximum atomic E-state index is 12.6. The van der Waals surface area contributed by atoms with Gasteiger partial charge in [-0.1, -0.05) is 18.2 Å². The van der Waals surface area contributed by atoms with Crippen LogP contribution in [0.5, 0.6) is 0 Å². The molecule has 0 bridgehead atoms. The Morgan fingerprint density at radius 3 is 2.77 bits per heavy atom. The van der Waals surface area contributed by atoms with E-state index in [2.05, 4.69) is 12.2 Å². The molecule has 120 valence electrons. The second-order valence-electron chi connectivity index (χ2n) is 5.97. The van der Waals surface area contributed by atoms with Crippen molar-refractivity contribution in [3.8, 4) is 0 Å². The molecule has 2 aliphatic rings. The van der Waals surface area contributed by atoms with E-state index in [4.69, 9.17) is 0 Å². The average Bonchev–Trinajstić information content (AvgIpc) is 2.99. The topological polar surface area (TPSA) is 54.5 Å². The number of carbonyl (C=O) groups excluding carboxylic acids is 1. The van der Waals surface area contributed by atoms with Gasteiger partial charge in [0.1, 0.15) is 0 Å². The van der Waals surface area contributed by atoms with Crippen LogP contribution in [0.25, 0.3) is 0 Å². The summed E-state index contributed by atoms with van der Waals surface area (Å²) in [5.74, 6) is 0.238. The van der Waals surface area contributed by atoms with Gasteiger partial charge in [0.25, 0.3) is 0 Å². The lowest BCUT2D eigenvalue weighted by molar-refractivity contribution is -0.135. The highest BCUT2D eigenvalue weighted by Crippen LogP contribution is 2.33. The fraction of sp³-hybridized carbons (Fsp3) is 0.562. The lowest BCUT2D eigenvalue weighted by Gasteiger charge is -2.26. The normalized spacial score (nSPS) is 28.3. The Morgan fingerprint density at radius 1 is 1.23 bits per heavy atom. The number of hydrogen-bond acceptors (Lipinski definition) is 4. The van der Waals surface area contributed by atoms with Crippen molar-refractivity contribution in [2.75, 3.05) is 18.8 Å². The summed E-state index contributed by atoms with van der Waals surface area (Å²) in [4.78, 5) is 15.3. The molecule has 1 aliphatic heterocycles. The predicted octanol–water partition coefficient (Wildman–Crippen LogP) is 2.79. The molecule has 0 radical (unpaired) electrons. The van der Waals surface area contributed by atoms with Crippen molar-refractivity contribution in [1.29, 1.82) is 0 Å². The summed E-state index contributed by atoms with van der Waals surface area (Å²) < 4.78 is 25.0. The Kier molecular flexibility index (Phi) is 4.68. The van der Waals surface area contributed by atoms with Crippen molar-refractivity contribution in [1.82, 2.24) is 4.90 Å². The lowest BCUT2D eigenvalue weighted by Crippen LogP contribution is -2.38. The minimum atomic E-state index is -3.18. The molecule has 6 heteroatoms. The van der Waals surface area contributed by atoms with Crippen LogP contribution in [-0.2, 0) is 14.6 Å². The number of nitrogens with zero attached hydrogens (tertiary/aromatic N) is 1. The zero-order valence-corrected chi connectivity index (χ0v) is 14.1. The smallest absolute Gasteiger partial charge is 0.226 e. The zero-order chi connectivity index (χ0) is 15.6. The molecule has 0 N–H and O–H groups in total. The summed E-state index contributed by atoms with van der Waals surface area (Å²) in [6.45, 7) is 0.879. The quantitative estimate of drug-likeness (QED) is 0.779. The van der Waals surface area contributed by atoms with Gasteiger partial charge in [0, 0.05) is 23.9 Å². The number of sulfone groups is 1. The second-order valence-corrected chi connectivity index (χ2v) is 9.25. The Hall–Kier alpha value is -1.14. The Bertz CT molecular complexity index is 649. The zero-order valence-electron chi connectivity index (χ0n) is 12.5. The molecule has 1 aromatic rings. The standard InChI is InChI=1S/C16H21NO3S2/c18-16(13-5-2-1-3-6-13)17-9-8-15(14-7-4-11-21-14)22(19,20)12-10-17/h1-2,4,7,11,13,15H,3,5-6,8-10,12H2/t13-,15+/m0/s1. The van der Waals surface area contributed by atoms with E-state index >= 15 is 0 Å². The highest BCUT2D eigenvalue weighted by atomic mass is 32.2. The Morgan fingerprint density at radius 2 is 2.09 bits per heavy atom. The molecule has 0 saturated carbocycles. The van der Waals surface area contributed by atoms with Gasteiger partial charge in [-0.3, -0.25) is 4.79 Å². The third-order valence-corrected chi connectivity index (χ3v) is 7.77. The summed E-state index contributed by atoms with van der Waals surface area (Å²) >= 11 is 1.49. The third-order valence-electron chi connectivity index (χ3n) is 4.53. The van der Waals surface area contributed by atoms with Gasteiger partial charge in [-0.15, -0.1) is 11.3 Å². The van der Waals surface area contributed by atoms with Crippen molar-refractivity contribution < 1.29 is 13.2 Å². The first-order valence-corrected chi connectivity index (χ1v) is 10.4. The van der Waals surface area contributed by atoms with Gasteiger partial charge < -0.3 is 4.90 Å². The second kappa shape index (κ2) is 6.54. The van der Waals surface area contributed by atoms with E-state index in [0.717, 1.165) is 24.1 Å². The molecule has 22 heavy (non-hydrogen) atoms. The Balaban J connectivity index is 1.73. The van der Waals surface area contributed by atoms with Gasteiger partial charge in [-0.05, 0) is 37.1 Å². The molecule has 3 rings (SSSR count). The third kappa shape index (κ3) is 3.27. The van der Waals surface area contributed by atoms with Crippen LogP contribution in [0.1, 0.15) is 35.8 Å². The minimum absolute atomic E-state index is 0.0333. The first-order valence-electron chi connectivity index (χ1n) is 7.76. The molecule has 2 heterocycles. The van der Waals surface area contributed by atoms with Crippen molar-refractivity contribution >= 4 is 27.1 Å². The van der Waals surface area contributed by atoms with Crippen molar-refractivity contribution in [2.45, 2.75) is 30.9 Å². The number of carbonyl (C=O) groups is 1. The maximum absolute atomic E-state index is 12.6. The number of hydrogen-bond donors (Lipinski definition) is 0. The molecule has 0 unspecified atom stereocenters. The van der Waals surface area contributed by atoms with E-state index in [1.54, 1.807) is 4.90 Å². The van der Waals surface area contributed by atoms with Crippen LogP contribution in [0, 0.1) is 5.92 Å². The molecule has 1 aliphatic carbocycles. The molecule has 0 spiro atoms. The average molecular weight is 339 g/mol. The molecule has 1 aromatic heterocycles. The molecule has 1 amide bonds. The maximum Gasteiger partial charge on any atom is 0.226 e. The fourth-order valence-corrected chi connectivity index (χ4v) is 6.24. The summed E-state index contributed by atoms with van der Waals surface area (Å²) in [6, 6.07) is 3.77. The SMILES string of the molecule is O=C([C@H]1CC=CCC1)N1CC[C@H](c2cccs2)S(=O)(=O)CC1. The van der Waals surface area contributed by atoms with Gasteiger partial charge >= 0.3 is 0 Å². The van der Waals surface area contributed by atoms with Crippen LogP contribution in [0.4, 0.5) is 0 Å². The van der Waals surface area contributed by atoms with E-state index in [0.29, 0.717) is 19.5 Å². The number of amides is 1. The highest BCUT2D eigenvalue weighted by Gasteiger charge is 2.34. The van der Waals surface area contributed by atoms with E-state index in [-0.39, 0.29) is 17.6 Å². The van der Waals surface area contributed by atoms with Gasteiger partial charge in [0.15, 0.2) is 9.84 Å². The number of rotatable bonds is 2. The van der Waals surface area contributed by atoms with Crippen LogP contribution < -0.4 is 0 Å². The first-order chi connectivity index (χ1) is 10.6. The van der Waals surface area contributed by atoms with Crippen LogP contribution in [0.15, 0.2) is 29.7 Å². The van der Waals surface area contributed by atoms with E-state index < -0.39 is 15.1 Å². The van der Waals surface area contributed by atoms with Gasteiger partial charge in [-0.25, -0.2) is 8.42 Å². The lowest BCUT2D eigenvalue weighted by atomic mass is 9.93. The summed E-state index contributed by atoms with van der Waals surface area (Å²) in [5, 5.41) is 1.46. The van der Waals surface area contributed by atoms with E-state index in [1.165, 1.54) is 11.3 Å². The molecule has 2 atom stereocenters. The first kappa shape index (κ1) is 15.7. The molecule has 1 saturated heterocycles. The molecule has 0 aromatic carbocycles.